The summed E-state index contributed by atoms with van der Waals surface area (Å²) in [6, 6.07) is 8.57. The van der Waals surface area contributed by atoms with Crippen LogP contribution < -0.4 is 11.1 Å². The number of anilines is 1. The highest BCUT2D eigenvalue weighted by Crippen LogP contribution is 2.51. The predicted molar refractivity (Wildman–Crippen MR) is 146 cm³/mol. The van der Waals surface area contributed by atoms with Gasteiger partial charge in [-0.25, -0.2) is 0 Å². The van der Waals surface area contributed by atoms with Crippen LogP contribution in [0.4, 0.5) is 5.69 Å². The number of hydrogen-bond acceptors (Lipinski definition) is 9. The van der Waals surface area contributed by atoms with Crippen LogP contribution in [0.2, 0.25) is 0 Å². The van der Waals surface area contributed by atoms with Gasteiger partial charge in [-0.1, -0.05) is 18.2 Å². The Labute approximate surface area is 239 Å². The van der Waals surface area contributed by atoms with Crippen LogP contribution in [0.15, 0.2) is 36.4 Å². The number of phenols is 1. The van der Waals surface area contributed by atoms with Crippen molar-refractivity contribution < 1.29 is 39.0 Å². The molecular weight excluding hydrogens is 554 g/mol. The van der Waals surface area contributed by atoms with Crippen molar-refractivity contribution in [1.29, 1.82) is 0 Å². The molecule has 214 valence electrons. The molecule has 3 aliphatic carbocycles. The van der Waals surface area contributed by atoms with Gasteiger partial charge in [0.05, 0.1) is 17.5 Å². The van der Waals surface area contributed by atoms with Crippen LogP contribution in [-0.2, 0) is 30.4 Å². The number of likely N-dealkylation sites (N-methyl/N-ethyl adjacent to an activating group) is 1. The lowest BCUT2D eigenvalue weighted by atomic mass is 9.52. The van der Waals surface area contributed by atoms with Gasteiger partial charge in [0.15, 0.2) is 34.7 Å². The largest absolute Gasteiger partial charge is 0.507 e. The number of benzene rings is 2. The molecule has 2 amide bonds. The van der Waals surface area contributed by atoms with Crippen LogP contribution in [0.5, 0.6) is 5.75 Å². The van der Waals surface area contributed by atoms with E-state index in [9.17, 15) is 39.0 Å². The third-order valence-electron chi connectivity index (χ3n) is 8.55. The molecule has 11 nitrogen and oxygen atoms in total. The summed E-state index contributed by atoms with van der Waals surface area (Å²) in [5, 5.41) is 25.0. The highest BCUT2D eigenvalue weighted by Gasteiger charge is 2.69. The van der Waals surface area contributed by atoms with Gasteiger partial charge in [-0.3, -0.25) is 33.7 Å². The van der Waals surface area contributed by atoms with Crippen LogP contribution >= 0.6 is 11.6 Å². The molecular formula is C29H28ClN3O8. The van der Waals surface area contributed by atoms with Crippen molar-refractivity contribution in [2.24, 2.45) is 29.4 Å². The minimum absolute atomic E-state index is 0.0393. The molecule has 5 N–H and O–H groups in total. The second-order valence-corrected chi connectivity index (χ2v) is 11.3. The summed E-state index contributed by atoms with van der Waals surface area (Å²) in [4.78, 5) is 79.5. The van der Waals surface area contributed by atoms with E-state index in [0.29, 0.717) is 22.4 Å². The lowest BCUT2D eigenvalue weighted by Crippen LogP contribution is -2.74. The maximum Gasteiger partial charge on any atom is 0.239 e. The number of ketones is 4. The SMILES string of the molecule is CN(C)[C@H]1C(=O)C(C(N)=O)C(=O)[C@@]2(O)C(=O)C3C(=O)c4c(O)ccc(-c5ccc(NC(=O)CCl)cc5)c4C[C@H]3C[C@@H]12. The number of halogens is 1. The van der Waals surface area contributed by atoms with Crippen LogP contribution in [-0.4, -0.2) is 81.7 Å². The number of alkyl halides is 1. The van der Waals surface area contributed by atoms with Gasteiger partial charge in [0.2, 0.25) is 11.8 Å². The van der Waals surface area contributed by atoms with E-state index >= 15 is 0 Å². The van der Waals surface area contributed by atoms with Crippen molar-refractivity contribution in [3.05, 3.63) is 47.5 Å². The molecule has 5 rings (SSSR count). The van der Waals surface area contributed by atoms with Crippen molar-refractivity contribution in [3.63, 3.8) is 0 Å². The summed E-state index contributed by atoms with van der Waals surface area (Å²) >= 11 is 5.55. The molecule has 0 saturated heterocycles. The Morgan fingerprint density at radius 1 is 1.07 bits per heavy atom. The van der Waals surface area contributed by atoms with E-state index in [4.69, 9.17) is 17.3 Å². The van der Waals surface area contributed by atoms with Gasteiger partial charge in [-0.05, 0) is 67.7 Å². The number of nitrogens with one attached hydrogen (secondary N) is 1. The molecule has 41 heavy (non-hydrogen) atoms. The highest BCUT2D eigenvalue weighted by molar-refractivity contribution is 6.32. The van der Waals surface area contributed by atoms with Crippen molar-refractivity contribution >= 4 is 52.2 Å². The van der Waals surface area contributed by atoms with Crippen molar-refractivity contribution in [1.82, 2.24) is 4.90 Å². The van der Waals surface area contributed by atoms with Gasteiger partial charge in [-0.15, -0.1) is 11.6 Å². The van der Waals surface area contributed by atoms with Crippen molar-refractivity contribution in [3.8, 4) is 16.9 Å². The Kier molecular flexibility index (Phi) is 7.09. The van der Waals surface area contributed by atoms with E-state index in [1.165, 1.54) is 25.1 Å². The van der Waals surface area contributed by atoms with Gasteiger partial charge in [0.1, 0.15) is 11.6 Å². The Balaban J connectivity index is 1.59. The first-order valence-corrected chi connectivity index (χ1v) is 13.5. The van der Waals surface area contributed by atoms with E-state index < -0.39 is 64.4 Å². The molecule has 0 radical (unpaired) electrons. The first kappa shape index (κ1) is 28.6. The molecule has 6 atom stereocenters. The molecule has 3 aliphatic rings. The van der Waals surface area contributed by atoms with E-state index in [1.807, 2.05) is 0 Å². The monoisotopic (exact) mass is 581 g/mol. The predicted octanol–water partition coefficient (Wildman–Crippen LogP) is 0.711. The zero-order valence-corrected chi connectivity index (χ0v) is 23.0. The number of aliphatic hydroxyl groups is 1. The molecule has 2 fully saturated rings. The molecule has 2 aromatic carbocycles. The number of primary amides is 1. The summed E-state index contributed by atoms with van der Waals surface area (Å²) in [5.41, 5.74) is 4.76. The number of carbonyl (C=O) groups excluding carboxylic acids is 6. The lowest BCUT2D eigenvalue weighted by molar-refractivity contribution is -0.181. The summed E-state index contributed by atoms with van der Waals surface area (Å²) in [6.07, 6.45) is 0.0999. The minimum Gasteiger partial charge on any atom is -0.507 e. The fourth-order valence-electron chi connectivity index (χ4n) is 6.80. The van der Waals surface area contributed by atoms with Crippen LogP contribution in [0.25, 0.3) is 11.1 Å². The number of amides is 2. The minimum atomic E-state index is -2.77. The molecule has 0 aromatic heterocycles. The molecule has 12 heteroatoms. The van der Waals surface area contributed by atoms with Crippen LogP contribution in [0.3, 0.4) is 0 Å². The summed E-state index contributed by atoms with van der Waals surface area (Å²) < 4.78 is 0. The molecule has 0 bridgehead atoms. The number of aromatic hydroxyl groups is 1. The third-order valence-corrected chi connectivity index (χ3v) is 8.79. The Morgan fingerprint density at radius 2 is 1.73 bits per heavy atom. The number of fused-ring (bicyclic) bond motifs is 3. The van der Waals surface area contributed by atoms with Gasteiger partial charge in [0, 0.05) is 11.6 Å². The van der Waals surface area contributed by atoms with Gasteiger partial charge >= 0.3 is 0 Å². The average molecular weight is 582 g/mol. The van der Waals surface area contributed by atoms with Crippen LogP contribution in [0, 0.1) is 23.7 Å². The fraction of sp³-hybridized carbons (Fsp3) is 0.379. The molecule has 2 unspecified atom stereocenters. The second kappa shape index (κ2) is 10.2. The highest BCUT2D eigenvalue weighted by atomic mass is 35.5. The maximum atomic E-state index is 13.9. The van der Waals surface area contributed by atoms with Gasteiger partial charge < -0.3 is 21.3 Å². The summed E-state index contributed by atoms with van der Waals surface area (Å²) in [5.74, 6) is -11.5. The fourth-order valence-corrected chi connectivity index (χ4v) is 6.87. The van der Waals surface area contributed by atoms with Crippen molar-refractivity contribution in [2.45, 2.75) is 24.5 Å². The number of nitrogens with two attached hydrogens (primary N) is 1. The smallest absolute Gasteiger partial charge is 0.239 e. The number of nitrogens with zero attached hydrogens (tertiary/aromatic N) is 1. The average Bonchev–Trinajstić information content (AvgIpc) is 2.91. The molecule has 2 aromatic rings. The van der Waals surface area contributed by atoms with E-state index in [-0.39, 0.29) is 35.9 Å². The molecule has 2 saturated carbocycles. The standard InChI is InChI=1S/C29H28ClN3O8/c1-33(2)23-17-10-13-9-16-15(12-3-5-14(6-4-12)32-19(35)11-30)7-8-18(34)21(16)24(36)20(13)26(38)29(17,41)27(39)22(25(23)37)28(31)40/h3-8,13,17,20,22-23,34,41H,9-11H2,1-2H3,(H2,31,40)(H,32,35)/t13-,17-,20?,22?,23+,29-/m0/s1. The third kappa shape index (κ3) is 4.27. The Morgan fingerprint density at radius 3 is 2.32 bits per heavy atom. The topological polar surface area (TPSA) is 184 Å². The van der Waals surface area contributed by atoms with Crippen LogP contribution in [0.1, 0.15) is 22.3 Å². The molecule has 0 heterocycles. The zero-order chi connectivity index (χ0) is 30.0. The lowest BCUT2D eigenvalue weighted by Gasteiger charge is -2.52. The van der Waals surface area contributed by atoms with E-state index in [0.717, 1.165) is 0 Å². The number of hydrogen-bond donors (Lipinski definition) is 4. The number of rotatable bonds is 5. The Bertz CT molecular complexity index is 1520. The second-order valence-electron chi connectivity index (χ2n) is 11.0. The van der Waals surface area contributed by atoms with E-state index in [2.05, 4.69) is 5.32 Å². The zero-order valence-electron chi connectivity index (χ0n) is 22.2. The van der Waals surface area contributed by atoms with Crippen molar-refractivity contribution in [2.75, 3.05) is 25.3 Å². The first-order valence-electron chi connectivity index (χ1n) is 13.0. The number of carbonyl (C=O) groups is 6. The Hall–Kier alpha value is -3.93. The normalized spacial score (nSPS) is 29.0. The number of phenolic OH excluding ortho intramolecular Hbond substituents is 1. The summed E-state index contributed by atoms with van der Waals surface area (Å²) in [6.45, 7) is 0. The quantitative estimate of drug-likeness (QED) is 0.291. The maximum absolute atomic E-state index is 13.9. The van der Waals surface area contributed by atoms with Gasteiger partial charge in [-0.2, -0.15) is 0 Å². The van der Waals surface area contributed by atoms with E-state index in [1.54, 1.807) is 30.3 Å². The molecule has 0 aliphatic heterocycles. The first-order chi connectivity index (χ1) is 19.3. The molecule has 0 spiro atoms. The number of Topliss-reactive ketones (excluding diaryl/α,β-unsaturated/α-hetero) is 4. The summed E-state index contributed by atoms with van der Waals surface area (Å²) in [7, 11) is 3.06. The van der Waals surface area contributed by atoms with Gasteiger partial charge in [0.25, 0.3) is 0 Å².